The van der Waals surface area contributed by atoms with Crippen molar-refractivity contribution in [2.75, 3.05) is 13.2 Å². The molecular weight excluding hydrogens is 204 g/mol. The molecular formula is C13H26O3. The summed E-state index contributed by atoms with van der Waals surface area (Å²) in [5.74, 6) is 0.348. The Balaban J connectivity index is 3.72. The van der Waals surface area contributed by atoms with Gasteiger partial charge in [0.05, 0.1) is 6.61 Å². The second-order valence-corrected chi connectivity index (χ2v) is 5.51. The van der Waals surface area contributed by atoms with Crippen molar-refractivity contribution in [3.63, 3.8) is 0 Å². The van der Waals surface area contributed by atoms with E-state index >= 15 is 0 Å². The van der Waals surface area contributed by atoms with Crippen LogP contribution in [0.5, 0.6) is 0 Å². The number of unbranched alkanes of at least 4 members (excludes halogenated alkanes) is 1. The van der Waals surface area contributed by atoms with Gasteiger partial charge >= 0.3 is 6.16 Å². The molecule has 0 N–H and O–H groups in total. The van der Waals surface area contributed by atoms with Crippen molar-refractivity contribution >= 4 is 6.16 Å². The van der Waals surface area contributed by atoms with Crippen LogP contribution >= 0.6 is 0 Å². The van der Waals surface area contributed by atoms with Crippen molar-refractivity contribution in [2.24, 2.45) is 11.3 Å². The van der Waals surface area contributed by atoms with Gasteiger partial charge in [-0.15, -0.1) is 0 Å². The molecule has 0 aromatic heterocycles. The summed E-state index contributed by atoms with van der Waals surface area (Å²) in [7, 11) is 0. The van der Waals surface area contributed by atoms with Crippen LogP contribution in [0.2, 0.25) is 0 Å². The van der Waals surface area contributed by atoms with Crippen LogP contribution in [0.25, 0.3) is 0 Å². The van der Waals surface area contributed by atoms with Gasteiger partial charge in [-0.25, -0.2) is 4.79 Å². The van der Waals surface area contributed by atoms with E-state index in [0.29, 0.717) is 19.1 Å². The van der Waals surface area contributed by atoms with E-state index < -0.39 is 6.16 Å². The smallest absolute Gasteiger partial charge is 0.434 e. The lowest BCUT2D eigenvalue weighted by Crippen LogP contribution is -2.23. The van der Waals surface area contributed by atoms with Gasteiger partial charge < -0.3 is 9.47 Å². The monoisotopic (exact) mass is 230 g/mol. The third kappa shape index (κ3) is 8.57. The van der Waals surface area contributed by atoms with Gasteiger partial charge in [0.2, 0.25) is 0 Å². The third-order valence-corrected chi connectivity index (χ3v) is 2.32. The maximum absolute atomic E-state index is 11.2. The summed E-state index contributed by atoms with van der Waals surface area (Å²) >= 11 is 0. The van der Waals surface area contributed by atoms with Crippen molar-refractivity contribution in [3.05, 3.63) is 0 Å². The van der Waals surface area contributed by atoms with E-state index in [2.05, 4.69) is 20.8 Å². The van der Waals surface area contributed by atoms with Crippen LogP contribution in [0.1, 0.15) is 53.9 Å². The molecule has 3 heteroatoms. The predicted molar refractivity (Wildman–Crippen MR) is 65.4 cm³/mol. The molecule has 0 saturated carbocycles. The van der Waals surface area contributed by atoms with Gasteiger partial charge in [0.25, 0.3) is 0 Å². The van der Waals surface area contributed by atoms with Gasteiger partial charge in [-0.1, -0.05) is 47.5 Å². The topological polar surface area (TPSA) is 35.5 Å². The Kier molecular flexibility index (Phi) is 7.18. The minimum Gasteiger partial charge on any atom is -0.434 e. The number of hydrogen-bond donors (Lipinski definition) is 0. The van der Waals surface area contributed by atoms with E-state index in [4.69, 9.17) is 9.47 Å². The molecule has 96 valence electrons. The Labute approximate surface area is 99.5 Å². The summed E-state index contributed by atoms with van der Waals surface area (Å²) in [5, 5.41) is 0. The van der Waals surface area contributed by atoms with Gasteiger partial charge in [-0.05, 0) is 17.8 Å². The highest BCUT2D eigenvalue weighted by Crippen LogP contribution is 2.23. The minimum absolute atomic E-state index is 0.0485. The van der Waals surface area contributed by atoms with Crippen LogP contribution < -0.4 is 0 Å². The third-order valence-electron chi connectivity index (χ3n) is 2.32. The molecule has 0 radical (unpaired) electrons. The Morgan fingerprint density at radius 2 is 1.88 bits per heavy atom. The highest BCUT2D eigenvalue weighted by atomic mass is 16.7. The molecule has 16 heavy (non-hydrogen) atoms. The fraction of sp³-hybridized carbons (Fsp3) is 0.923. The summed E-state index contributed by atoms with van der Waals surface area (Å²) in [6.07, 6.45) is 2.86. The quantitative estimate of drug-likeness (QED) is 0.620. The molecule has 0 aliphatic heterocycles. The van der Waals surface area contributed by atoms with Crippen molar-refractivity contribution in [1.82, 2.24) is 0 Å². The van der Waals surface area contributed by atoms with Crippen LogP contribution in [-0.2, 0) is 9.47 Å². The summed E-state index contributed by atoms with van der Waals surface area (Å²) in [5.41, 5.74) is 0.0485. The molecule has 0 spiro atoms. The van der Waals surface area contributed by atoms with E-state index in [1.807, 2.05) is 13.8 Å². The molecule has 0 atom stereocenters. The van der Waals surface area contributed by atoms with Crippen molar-refractivity contribution < 1.29 is 14.3 Å². The Morgan fingerprint density at radius 3 is 2.38 bits per heavy atom. The molecule has 0 aromatic rings. The molecule has 0 rings (SSSR count). The van der Waals surface area contributed by atoms with Crippen LogP contribution in [0, 0.1) is 11.3 Å². The molecule has 0 aromatic carbocycles. The van der Waals surface area contributed by atoms with Crippen molar-refractivity contribution in [2.45, 2.75) is 53.9 Å². The van der Waals surface area contributed by atoms with Crippen LogP contribution in [0.4, 0.5) is 4.79 Å². The zero-order chi connectivity index (χ0) is 12.6. The maximum atomic E-state index is 11.2. The zero-order valence-corrected chi connectivity index (χ0v) is 11.3. The number of carbonyl (C=O) groups is 1. The first-order chi connectivity index (χ1) is 7.37. The zero-order valence-electron chi connectivity index (χ0n) is 11.3. The van der Waals surface area contributed by atoms with Gasteiger partial charge in [0.1, 0.15) is 6.61 Å². The fourth-order valence-electron chi connectivity index (χ4n) is 1.26. The van der Waals surface area contributed by atoms with Crippen LogP contribution in [0.3, 0.4) is 0 Å². The Bertz CT molecular complexity index is 197. The summed E-state index contributed by atoms with van der Waals surface area (Å²) in [4.78, 5) is 11.2. The van der Waals surface area contributed by atoms with E-state index in [9.17, 15) is 4.79 Å². The Morgan fingerprint density at radius 1 is 1.25 bits per heavy atom. The van der Waals surface area contributed by atoms with Gasteiger partial charge in [0, 0.05) is 0 Å². The minimum atomic E-state index is -0.543. The first kappa shape index (κ1) is 15.3. The summed E-state index contributed by atoms with van der Waals surface area (Å²) < 4.78 is 10.0. The number of carbonyl (C=O) groups excluding carboxylic acids is 1. The average Bonchev–Trinajstić information content (AvgIpc) is 2.21. The molecule has 0 amide bonds. The SMILES string of the molecule is CCCCC(C)(C)COC(=O)OCC(C)C. The normalized spacial score (nSPS) is 11.6. The first-order valence-corrected chi connectivity index (χ1v) is 6.17. The standard InChI is InChI=1S/C13H26O3/c1-6-7-8-13(4,5)10-16-12(14)15-9-11(2)3/h11H,6-10H2,1-5H3. The number of hydrogen-bond acceptors (Lipinski definition) is 3. The highest BCUT2D eigenvalue weighted by molar-refractivity contribution is 5.59. The van der Waals surface area contributed by atoms with Crippen molar-refractivity contribution in [1.29, 1.82) is 0 Å². The molecule has 0 saturated heterocycles. The molecule has 0 fully saturated rings. The van der Waals surface area contributed by atoms with Crippen molar-refractivity contribution in [3.8, 4) is 0 Å². The van der Waals surface area contributed by atoms with E-state index in [-0.39, 0.29) is 5.41 Å². The lowest BCUT2D eigenvalue weighted by atomic mass is 9.88. The molecule has 0 bridgehead atoms. The van der Waals surface area contributed by atoms with Gasteiger partial charge in [-0.3, -0.25) is 0 Å². The van der Waals surface area contributed by atoms with E-state index in [1.165, 1.54) is 6.42 Å². The lowest BCUT2D eigenvalue weighted by molar-refractivity contribution is 0.0216. The van der Waals surface area contributed by atoms with E-state index in [0.717, 1.165) is 12.8 Å². The summed E-state index contributed by atoms with van der Waals surface area (Å²) in [6.45, 7) is 11.2. The predicted octanol–water partition coefficient (Wildman–Crippen LogP) is 4.01. The highest BCUT2D eigenvalue weighted by Gasteiger charge is 2.20. The van der Waals surface area contributed by atoms with E-state index in [1.54, 1.807) is 0 Å². The molecule has 0 unspecified atom stereocenters. The second-order valence-electron chi connectivity index (χ2n) is 5.51. The number of rotatable bonds is 7. The van der Waals surface area contributed by atoms with Gasteiger partial charge in [-0.2, -0.15) is 0 Å². The second kappa shape index (κ2) is 7.53. The van der Waals surface area contributed by atoms with Crippen LogP contribution in [0.15, 0.2) is 0 Å². The molecule has 0 aliphatic rings. The molecule has 0 heterocycles. The molecule has 0 aliphatic carbocycles. The average molecular weight is 230 g/mol. The van der Waals surface area contributed by atoms with Crippen LogP contribution in [-0.4, -0.2) is 19.4 Å². The summed E-state index contributed by atoms with van der Waals surface area (Å²) in [6, 6.07) is 0. The Hall–Kier alpha value is -0.730. The fourth-order valence-corrected chi connectivity index (χ4v) is 1.26. The first-order valence-electron chi connectivity index (χ1n) is 6.17. The maximum Gasteiger partial charge on any atom is 0.508 e. The lowest BCUT2D eigenvalue weighted by Gasteiger charge is -2.23. The number of ether oxygens (including phenoxy) is 2. The largest absolute Gasteiger partial charge is 0.508 e. The van der Waals surface area contributed by atoms with Gasteiger partial charge in [0.15, 0.2) is 0 Å². The molecule has 3 nitrogen and oxygen atoms in total.